The van der Waals surface area contributed by atoms with Gasteiger partial charge in [-0.1, -0.05) is 23.5 Å². The van der Waals surface area contributed by atoms with Crippen molar-refractivity contribution in [2.24, 2.45) is 0 Å². The molecule has 0 aliphatic carbocycles. The van der Waals surface area contributed by atoms with Gasteiger partial charge in [0.15, 0.2) is 0 Å². The van der Waals surface area contributed by atoms with Gasteiger partial charge in [-0.25, -0.2) is 0 Å². The summed E-state index contributed by atoms with van der Waals surface area (Å²) in [4.78, 5) is 33.8. The number of aryl methyl sites for hydroxylation is 1. The summed E-state index contributed by atoms with van der Waals surface area (Å²) >= 11 is 1.43. The Kier molecular flexibility index (Phi) is 5.75. The highest BCUT2D eigenvalue weighted by Crippen LogP contribution is 2.34. The SMILES string of the molecule is Cc1cccc(N2CCN(C(=O)[C@@H]3CCCN3c3nnc(N4CCCC4=O)s3)C[C@H]2C)c1. The van der Waals surface area contributed by atoms with Crippen molar-refractivity contribution in [3.8, 4) is 0 Å². The Hall–Kier alpha value is -2.68. The largest absolute Gasteiger partial charge is 0.365 e. The number of aromatic nitrogens is 2. The second kappa shape index (κ2) is 8.69. The zero-order valence-corrected chi connectivity index (χ0v) is 19.6. The van der Waals surface area contributed by atoms with E-state index in [1.807, 2.05) is 4.90 Å². The van der Waals surface area contributed by atoms with Crippen molar-refractivity contribution in [3.05, 3.63) is 29.8 Å². The van der Waals surface area contributed by atoms with Gasteiger partial charge in [-0.05, 0) is 50.8 Å². The van der Waals surface area contributed by atoms with E-state index in [-0.39, 0.29) is 23.9 Å². The number of anilines is 3. The minimum atomic E-state index is -0.192. The Morgan fingerprint density at radius 3 is 2.66 bits per heavy atom. The lowest BCUT2D eigenvalue weighted by atomic mass is 10.1. The van der Waals surface area contributed by atoms with Crippen LogP contribution in [0.2, 0.25) is 0 Å². The van der Waals surface area contributed by atoms with Gasteiger partial charge in [-0.2, -0.15) is 0 Å². The summed E-state index contributed by atoms with van der Waals surface area (Å²) in [5.41, 5.74) is 2.48. The maximum absolute atomic E-state index is 13.5. The maximum atomic E-state index is 13.5. The zero-order valence-electron chi connectivity index (χ0n) is 18.7. The molecule has 0 bridgehead atoms. The first-order valence-electron chi connectivity index (χ1n) is 11.5. The lowest BCUT2D eigenvalue weighted by Crippen LogP contribution is -2.57. The Morgan fingerprint density at radius 2 is 1.91 bits per heavy atom. The second-order valence-electron chi connectivity index (χ2n) is 9.03. The Labute approximate surface area is 192 Å². The fourth-order valence-electron chi connectivity index (χ4n) is 5.09. The smallest absolute Gasteiger partial charge is 0.245 e. The molecule has 1 aromatic carbocycles. The Bertz CT molecular complexity index is 1010. The number of carbonyl (C=O) groups excluding carboxylic acids is 2. The highest BCUT2D eigenvalue weighted by molar-refractivity contribution is 7.19. The van der Waals surface area contributed by atoms with Crippen molar-refractivity contribution in [1.29, 1.82) is 0 Å². The number of rotatable bonds is 4. The topological polar surface area (TPSA) is 72.9 Å². The zero-order chi connectivity index (χ0) is 22.2. The van der Waals surface area contributed by atoms with E-state index in [4.69, 9.17) is 0 Å². The number of hydrogen-bond acceptors (Lipinski definition) is 7. The van der Waals surface area contributed by atoms with Crippen LogP contribution in [0.5, 0.6) is 0 Å². The Balaban J connectivity index is 1.26. The van der Waals surface area contributed by atoms with E-state index in [0.29, 0.717) is 18.1 Å². The summed E-state index contributed by atoms with van der Waals surface area (Å²) in [6, 6.07) is 8.64. The van der Waals surface area contributed by atoms with Gasteiger partial charge in [0.05, 0.1) is 0 Å². The van der Waals surface area contributed by atoms with Gasteiger partial charge >= 0.3 is 0 Å². The number of amides is 2. The molecule has 3 aliphatic rings. The number of benzene rings is 1. The molecule has 2 aromatic rings. The summed E-state index contributed by atoms with van der Waals surface area (Å²) in [5.74, 6) is 0.300. The predicted molar refractivity (Wildman–Crippen MR) is 126 cm³/mol. The molecular formula is C23H30N6O2S. The van der Waals surface area contributed by atoms with Crippen molar-refractivity contribution in [2.75, 3.05) is 47.4 Å². The van der Waals surface area contributed by atoms with E-state index < -0.39 is 0 Å². The average Bonchev–Trinajstić information content (AvgIpc) is 3.53. The van der Waals surface area contributed by atoms with E-state index in [2.05, 4.69) is 58.1 Å². The lowest BCUT2D eigenvalue weighted by molar-refractivity contribution is -0.133. The minimum Gasteiger partial charge on any atom is -0.365 e. The third-order valence-corrected chi connectivity index (χ3v) is 7.75. The molecule has 2 amide bonds. The van der Waals surface area contributed by atoms with Crippen LogP contribution in [0.4, 0.5) is 16.0 Å². The lowest BCUT2D eigenvalue weighted by Gasteiger charge is -2.42. The van der Waals surface area contributed by atoms with Gasteiger partial charge in [-0.3, -0.25) is 14.5 Å². The van der Waals surface area contributed by atoms with Gasteiger partial charge in [-0.15, -0.1) is 10.2 Å². The van der Waals surface area contributed by atoms with Crippen LogP contribution in [-0.4, -0.2) is 71.7 Å². The van der Waals surface area contributed by atoms with Gasteiger partial charge in [0, 0.05) is 50.9 Å². The molecule has 3 saturated heterocycles. The van der Waals surface area contributed by atoms with Crippen molar-refractivity contribution in [3.63, 3.8) is 0 Å². The van der Waals surface area contributed by atoms with E-state index in [1.165, 1.54) is 22.6 Å². The fourth-order valence-corrected chi connectivity index (χ4v) is 6.06. The third kappa shape index (κ3) is 3.94. The summed E-state index contributed by atoms with van der Waals surface area (Å²) in [7, 11) is 0. The molecule has 32 heavy (non-hydrogen) atoms. The maximum Gasteiger partial charge on any atom is 0.245 e. The first kappa shape index (κ1) is 21.2. The molecule has 4 heterocycles. The van der Waals surface area contributed by atoms with Crippen molar-refractivity contribution in [1.82, 2.24) is 15.1 Å². The van der Waals surface area contributed by atoms with E-state index in [9.17, 15) is 9.59 Å². The van der Waals surface area contributed by atoms with Gasteiger partial charge in [0.25, 0.3) is 0 Å². The molecule has 0 unspecified atom stereocenters. The number of carbonyl (C=O) groups is 2. The van der Waals surface area contributed by atoms with Crippen molar-refractivity contribution < 1.29 is 9.59 Å². The number of nitrogens with zero attached hydrogens (tertiary/aromatic N) is 6. The monoisotopic (exact) mass is 454 g/mol. The molecule has 0 radical (unpaired) electrons. The van der Waals surface area contributed by atoms with Crippen LogP contribution < -0.4 is 14.7 Å². The molecule has 3 fully saturated rings. The van der Waals surface area contributed by atoms with Crippen LogP contribution in [0.15, 0.2) is 24.3 Å². The summed E-state index contributed by atoms with van der Waals surface area (Å²) in [5, 5.41) is 10.0. The van der Waals surface area contributed by atoms with E-state index in [0.717, 1.165) is 50.6 Å². The predicted octanol–water partition coefficient (Wildman–Crippen LogP) is 2.68. The van der Waals surface area contributed by atoms with E-state index >= 15 is 0 Å². The molecule has 170 valence electrons. The number of hydrogen-bond donors (Lipinski definition) is 0. The molecule has 0 saturated carbocycles. The quantitative estimate of drug-likeness (QED) is 0.707. The van der Waals surface area contributed by atoms with Gasteiger partial charge in [0.2, 0.25) is 22.1 Å². The van der Waals surface area contributed by atoms with Crippen LogP contribution >= 0.6 is 11.3 Å². The molecule has 9 heteroatoms. The number of piperazine rings is 1. The highest BCUT2D eigenvalue weighted by atomic mass is 32.1. The van der Waals surface area contributed by atoms with Gasteiger partial charge in [0.1, 0.15) is 6.04 Å². The van der Waals surface area contributed by atoms with Crippen LogP contribution in [0.1, 0.15) is 38.2 Å². The molecule has 1 aromatic heterocycles. The minimum absolute atomic E-state index is 0.113. The average molecular weight is 455 g/mol. The van der Waals surface area contributed by atoms with Crippen LogP contribution in [0.3, 0.4) is 0 Å². The van der Waals surface area contributed by atoms with Crippen LogP contribution in [-0.2, 0) is 9.59 Å². The van der Waals surface area contributed by atoms with E-state index in [1.54, 1.807) is 4.90 Å². The molecular weight excluding hydrogens is 424 g/mol. The molecule has 8 nitrogen and oxygen atoms in total. The summed E-state index contributed by atoms with van der Waals surface area (Å²) in [6.45, 7) is 8.10. The molecule has 5 rings (SSSR count). The van der Waals surface area contributed by atoms with Crippen molar-refractivity contribution in [2.45, 2.75) is 51.6 Å². The summed E-state index contributed by atoms with van der Waals surface area (Å²) in [6.07, 6.45) is 3.24. The van der Waals surface area contributed by atoms with Crippen LogP contribution in [0, 0.1) is 6.92 Å². The van der Waals surface area contributed by atoms with Crippen molar-refractivity contribution >= 4 is 39.1 Å². The molecule has 2 atom stereocenters. The first-order chi connectivity index (χ1) is 15.5. The van der Waals surface area contributed by atoms with Gasteiger partial charge < -0.3 is 14.7 Å². The normalized spacial score (nSPS) is 24.0. The first-order valence-corrected chi connectivity index (χ1v) is 12.4. The Morgan fingerprint density at radius 1 is 1.06 bits per heavy atom. The standard InChI is InChI=1S/C23H30N6O2S/c1-16-6-3-7-18(14-16)27-13-12-26(15-17(27)2)21(31)19-8-4-10-28(19)22-24-25-23(32-22)29-11-5-9-20(29)30/h3,6-7,14,17,19H,4-5,8-13,15H2,1-2H3/t17-,19+/m1/s1. The van der Waals surface area contributed by atoms with Crippen LogP contribution in [0.25, 0.3) is 0 Å². The highest BCUT2D eigenvalue weighted by Gasteiger charge is 2.38. The summed E-state index contributed by atoms with van der Waals surface area (Å²) < 4.78 is 0. The molecule has 0 N–H and O–H groups in total. The second-order valence-corrected chi connectivity index (χ2v) is 9.97. The third-order valence-electron chi connectivity index (χ3n) is 6.76. The molecule has 0 spiro atoms. The fraction of sp³-hybridized carbons (Fsp3) is 0.565. The molecule has 3 aliphatic heterocycles.